The molecular formula is C20H18F2O. The fraction of sp³-hybridized carbons (Fsp3) is 0.200. The molecule has 0 aliphatic carbocycles. The van der Waals surface area contributed by atoms with Gasteiger partial charge in [0.05, 0.1) is 0 Å². The third-order valence-electron chi connectivity index (χ3n) is 3.82. The summed E-state index contributed by atoms with van der Waals surface area (Å²) in [6, 6.07) is 15.3. The number of aryl methyl sites for hydroxylation is 1. The second kappa shape index (κ2) is 6.78. The van der Waals surface area contributed by atoms with Gasteiger partial charge in [0, 0.05) is 5.56 Å². The van der Waals surface area contributed by atoms with E-state index in [1.165, 1.54) is 12.1 Å². The van der Waals surface area contributed by atoms with Crippen LogP contribution in [0.4, 0.5) is 8.78 Å². The monoisotopic (exact) mass is 312 g/mol. The molecule has 3 aromatic carbocycles. The van der Waals surface area contributed by atoms with Crippen LogP contribution in [0.3, 0.4) is 0 Å². The fourth-order valence-corrected chi connectivity index (χ4v) is 2.60. The van der Waals surface area contributed by atoms with Crippen LogP contribution in [0.5, 0.6) is 5.75 Å². The first-order valence-electron chi connectivity index (χ1n) is 7.75. The molecule has 0 aliphatic rings. The average molecular weight is 312 g/mol. The van der Waals surface area contributed by atoms with Crippen molar-refractivity contribution in [2.75, 3.05) is 0 Å². The smallest absolute Gasteiger partial charge is 0.130 e. The van der Waals surface area contributed by atoms with E-state index in [1.54, 1.807) is 30.3 Å². The van der Waals surface area contributed by atoms with Crippen molar-refractivity contribution >= 4 is 10.8 Å². The Morgan fingerprint density at radius 3 is 2.43 bits per heavy atom. The molecule has 0 saturated heterocycles. The molecule has 0 amide bonds. The molecule has 0 spiro atoms. The lowest BCUT2D eigenvalue weighted by molar-refractivity contribution is 0.300. The Labute approximate surface area is 134 Å². The Balaban J connectivity index is 1.74. The highest BCUT2D eigenvalue weighted by molar-refractivity contribution is 5.83. The molecule has 118 valence electrons. The van der Waals surface area contributed by atoms with Crippen LogP contribution in [0.2, 0.25) is 0 Å². The molecule has 0 aromatic heterocycles. The minimum Gasteiger partial charge on any atom is -0.489 e. The van der Waals surface area contributed by atoms with Gasteiger partial charge in [-0.2, -0.15) is 0 Å². The number of halogens is 2. The first-order valence-corrected chi connectivity index (χ1v) is 7.75. The van der Waals surface area contributed by atoms with Gasteiger partial charge in [-0.05, 0) is 53.1 Å². The summed E-state index contributed by atoms with van der Waals surface area (Å²) in [5.74, 6) is 0.139. The van der Waals surface area contributed by atoms with E-state index in [2.05, 4.69) is 6.92 Å². The van der Waals surface area contributed by atoms with Gasteiger partial charge in [-0.15, -0.1) is 0 Å². The van der Waals surface area contributed by atoms with E-state index >= 15 is 0 Å². The Morgan fingerprint density at radius 1 is 0.870 bits per heavy atom. The van der Waals surface area contributed by atoms with Gasteiger partial charge in [0.15, 0.2) is 0 Å². The molecule has 0 bridgehead atoms. The highest BCUT2D eigenvalue weighted by Crippen LogP contribution is 2.23. The van der Waals surface area contributed by atoms with E-state index in [-0.39, 0.29) is 18.2 Å². The molecule has 0 heterocycles. The van der Waals surface area contributed by atoms with Gasteiger partial charge in [-0.3, -0.25) is 0 Å². The summed E-state index contributed by atoms with van der Waals surface area (Å²) in [4.78, 5) is 0. The lowest BCUT2D eigenvalue weighted by atomic mass is 10.1. The zero-order valence-electron chi connectivity index (χ0n) is 13.0. The van der Waals surface area contributed by atoms with E-state index in [0.29, 0.717) is 11.3 Å². The Morgan fingerprint density at radius 2 is 1.65 bits per heavy atom. The maximum atomic E-state index is 14.1. The van der Waals surface area contributed by atoms with Crippen molar-refractivity contribution in [1.82, 2.24) is 0 Å². The topological polar surface area (TPSA) is 9.23 Å². The van der Waals surface area contributed by atoms with Crippen LogP contribution in [-0.2, 0) is 13.0 Å². The van der Waals surface area contributed by atoms with Gasteiger partial charge < -0.3 is 4.74 Å². The van der Waals surface area contributed by atoms with Gasteiger partial charge in [-0.1, -0.05) is 37.6 Å². The van der Waals surface area contributed by atoms with Crippen LogP contribution in [0.1, 0.15) is 24.5 Å². The van der Waals surface area contributed by atoms with Crippen LogP contribution >= 0.6 is 0 Å². The predicted octanol–water partition coefficient (Wildman–Crippen LogP) is 5.65. The third kappa shape index (κ3) is 3.67. The molecule has 0 unspecified atom stereocenters. The van der Waals surface area contributed by atoms with Crippen LogP contribution in [0, 0.1) is 11.6 Å². The minimum absolute atomic E-state index is 0.172. The first-order chi connectivity index (χ1) is 11.2. The zero-order chi connectivity index (χ0) is 16.2. The third-order valence-corrected chi connectivity index (χ3v) is 3.82. The van der Waals surface area contributed by atoms with Gasteiger partial charge in [-0.25, -0.2) is 8.78 Å². The summed E-state index contributed by atoms with van der Waals surface area (Å²) < 4.78 is 32.9. The maximum Gasteiger partial charge on any atom is 0.130 e. The van der Waals surface area contributed by atoms with Crippen molar-refractivity contribution < 1.29 is 13.5 Å². The number of rotatable bonds is 5. The van der Waals surface area contributed by atoms with Crippen molar-refractivity contribution in [3.8, 4) is 5.75 Å². The molecule has 0 aliphatic heterocycles. The molecule has 23 heavy (non-hydrogen) atoms. The van der Waals surface area contributed by atoms with E-state index in [4.69, 9.17) is 4.74 Å². The van der Waals surface area contributed by atoms with Gasteiger partial charge in [0.1, 0.15) is 24.0 Å². The van der Waals surface area contributed by atoms with Crippen molar-refractivity contribution in [3.05, 3.63) is 77.4 Å². The molecule has 1 nitrogen and oxygen atoms in total. The number of hydrogen-bond donors (Lipinski definition) is 0. The predicted molar refractivity (Wildman–Crippen MR) is 88.6 cm³/mol. The lowest BCUT2D eigenvalue weighted by Gasteiger charge is -2.09. The first kappa shape index (κ1) is 15.5. The van der Waals surface area contributed by atoms with Crippen molar-refractivity contribution in [1.29, 1.82) is 0 Å². The normalized spacial score (nSPS) is 10.9. The van der Waals surface area contributed by atoms with Crippen molar-refractivity contribution in [2.24, 2.45) is 0 Å². The average Bonchev–Trinajstić information content (AvgIpc) is 2.54. The number of benzene rings is 3. The summed E-state index contributed by atoms with van der Waals surface area (Å²) in [6.45, 7) is 2.24. The van der Waals surface area contributed by atoms with E-state index < -0.39 is 0 Å². The molecular weight excluding hydrogens is 294 g/mol. The molecule has 0 fully saturated rings. The second-order valence-corrected chi connectivity index (χ2v) is 5.62. The zero-order valence-corrected chi connectivity index (χ0v) is 13.0. The molecule has 0 saturated carbocycles. The second-order valence-electron chi connectivity index (χ2n) is 5.62. The van der Waals surface area contributed by atoms with E-state index in [1.807, 2.05) is 12.1 Å². The molecule has 3 heteroatoms. The van der Waals surface area contributed by atoms with E-state index in [9.17, 15) is 8.78 Å². The maximum absolute atomic E-state index is 14.1. The Bertz CT molecular complexity index is 827. The quantitative estimate of drug-likeness (QED) is 0.591. The highest BCUT2D eigenvalue weighted by Gasteiger charge is 2.05. The fourth-order valence-electron chi connectivity index (χ4n) is 2.60. The SMILES string of the molecule is CCCc1ccc(COc2ccc3cc(F)ccc3c2)c(F)c1. The number of fused-ring (bicyclic) bond motifs is 1. The molecule has 0 radical (unpaired) electrons. The van der Waals surface area contributed by atoms with Crippen LogP contribution < -0.4 is 4.74 Å². The van der Waals surface area contributed by atoms with Gasteiger partial charge in [0.25, 0.3) is 0 Å². The summed E-state index contributed by atoms with van der Waals surface area (Å²) in [7, 11) is 0. The van der Waals surface area contributed by atoms with Crippen LogP contribution in [0.25, 0.3) is 10.8 Å². The summed E-state index contributed by atoms with van der Waals surface area (Å²) >= 11 is 0. The van der Waals surface area contributed by atoms with Crippen molar-refractivity contribution in [2.45, 2.75) is 26.4 Å². The molecule has 0 N–H and O–H groups in total. The summed E-state index contributed by atoms with van der Waals surface area (Å²) in [5.41, 5.74) is 1.53. The standard InChI is InChI=1S/C20H18F2O/c1-2-3-14-4-5-17(20(22)10-14)13-23-19-9-7-15-11-18(21)8-6-16(15)12-19/h4-12H,2-3,13H2,1H3. The molecule has 3 rings (SSSR count). The number of ether oxygens (including phenoxy) is 1. The summed E-state index contributed by atoms with van der Waals surface area (Å²) in [5, 5.41) is 1.70. The Hall–Kier alpha value is -2.42. The lowest BCUT2D eigenvalue weighted by Crippen LogP contribution is -1.99. The van der Waals surface area contributed by atoms with Gasteiger partial charge in [0.2, 0.25) is 0 Å². The van der Waals surface area contributed by atoms with Crippen LogP contribution in [-0.4, -0.2) is 0 Å². The largest absolute Gasteiger partial charge is 0.489 e. The molecule has 3 aromatic rings. The van der Waals surface area contributed by atoms with E-state index in [0.717, 1.165) is 29.2 Å². The van der Waals surface area contributed by atoms with Crippen molar-refractivity contribution in [3.63, 3.8) is 0 Å². The number of hydrogen-bond acceptors (Lipinski definition) is 1. The Kier molecular flexibility index (Phi) is 4.56. The minimum atomic E-state index is -0.264. The highest BCUT2D eigenvalue weighted by atomic mass is 19.1. The van der Waals surface area contributed by atoms with Gasteiger partial charge >= 0.3 is 0 Å². The molecule has 0 atom stereocenters. The summed E-state index contributed by atoms with van der Waals surface area (Å²) in [6.07, 6.45) is 1.87. The van der Waals surface area contributed by atoms with Crippen LogP contribution in [0.15, 0.2) is 54.6 Å².